The molecule has 0 aliphatic carbocycles. The van der Waals surface area contributed by atoms with Crippen LogP contribution in [-0.4, -0.2) is 8.42 Å². The molecule has 0 aliphatic heterocycles. The fourth-order valence-corrected chi connectivity index (χ4v) is 4.13. The van der Waals surface area contributed by atoms with Crippen LogP contribution in [-0.2, 0) is 7.19 Å². The number of hydrogen-bond acceptors (Lipinski definition) is 2. The lowest BCUT2D eigenvalue weighted by atomic mass is 10.1. The van der Waals surface area contributed by atoms with Crippen LogP contribution in [0, 0.1) is 19.9 Å². The van der Waals surface area contributed by atoms with Gasteiger partial charge in [0.25, 0.3) is 7.19 Å². The molecule has 0 heterocycles. The summed E-state index contributed by atoms with van der Waals surface area (Å²) in [7, 11) is -3.49. The van der Waals surface area contributed by atoms with E-state index in [2.05, 4.69) is 6.07 Å². The lowest BCUT2D eigenvalue weighted by Crippen LogP contribution is -2.21. The molecule has 0 unspecified atom stereocenters. The average Bonchev–Trinajstić information content (AvgIpc) is 2.35. The molecule has 0 atom stereocenters. The fraction of sp³-hybridized carbons (Fsp3) is 0.143. The van der Waals surface area contributed by atoms with Crippen LogP contribution >= 0.6 is 32.8 Å². The highest BCUT2D eigenvalue weighted by Crippen LogP contribution is 2.36. The summed E-state index contributed by atoms with van der Waals surface area (Å²) in [4.78, 5) is 0. The molecule has 1 radical (unpaired) electrons. The first-order valence-electron chi connectivity index (χ1n) is 5.79. The topological polar surface area (TPSA) is 37.4 Å². The highest BCUT2D eigenvalue weighted by atomic mass is 127. The lowest BCUT2D eigenvalue weighted by molar-refractivity contribution is 0.612. The van der Waals surface area contributed by atoms with Crippen molar-refractivity contribution in [2.75, 3.05) is 4.31 Å². The van der Waals surface area contributed by atoms with Gasteiger partial charge in [0.2, 0.25) is 0 Å². The molecule has 20 heavy (non-hydrogen) atoms. The molecule has 0 fully saturated rings. The Balaban J connectivity index is 2.69. The van der Waals surface area contributed by atoms with Crippen LogP contribution in [0.2, 0.25) is 5.02 Å². The number of nitrogens with zero attached hydrogens (tertiary/aromatic N) is 1. The van der Waals surface area contributed by atoms with Gasteiger partial charge in [-0.25, -0.2) is 4.31 Å². The third-order valence-electron chi connectivity index (χ3n) is 2.83. The molecule has 0 aromatic heterocycles. The van der Waals surface area contributed by atoms with Crippen LogP contribution in [0.25, 0.3) is 0 Å². The summed E-state index contributed by atoms with van der Waals surface area (Å²) >= 11 is 7.50. The molecule has 6 heteroatoms. The molecule has 105 valence electrons. The smallest absolute Gasteiger partial charge is 0.230 e. The molecular weight excluding hydrogens is 409 g/mol. The largest absolute Gasteiger partial charge is 0.293 e. The maximum atomic E-state index is 12.1. The van der Waals surface area contributed by atoms with E-state index in [-0.39, 0.29) is 0 Å². The van der Waals surface area contributed by atoms with Crippen LogP contribution in [0.5, 0.6) is 0 Å². The van der Waals surface area contributed by atoms with Gasteiger partial charge in [-0.1, -0.05) is 29.8 Å². The Hall–Kier alpha value is -0.790. The standard InChI is InChI=1S/C14H12ClINO2S/c1-10-9-14(11(2)8-13(10)15)17(20(16,18)19)12-6-4-3-5-7-12/h3-6,8-9H,1-2H3. The minimum atomic E-state index is -3.49. The van der Waals surface area contributed by atoms with Gasteiger partial charge in [0.05, 0.1) is 32.6 Å². The van der Waals surface area contributed by atoms with Gasteiger partial charge in [0, 0.05) is 11.1 Å². The Bertz CT molecular complexity index is 732. The van der Waals surface area contributed by atoms with E-state index in [1.165, 1.54) is 25.5 Å². The first kappa shape index (κ1) is 15.6. The molecule has 2 rings (SSSR count). The average molecular weight is 421 g/mol. The van der Waals surface area contributed by atoms with E-state index in [0.717, 1.165) is 11.1 Å². The van der Waals surface area contributed by atoms with Crippen molar-refractivity contribution in [2.24, 2.45) is 0 Å². The van der Waals surface area contributed by atoms with Gasteiger partial charge in [-0.15, -0.1) is 0 Å². The van der Waals surface area contributed by atoms with Crippen molar-refractivity contribution in [1.29, 1.82) is 0 Å². The molecule has 0 spiro atoms. The third kappa shape index (κ3) is 3.27. The summed E-state index contributed by atoms with van der Waals surface area (Å²) in [5, 5.41) is 0.620. The van der Waals surface area contributed by atoms with E-state index in [4.69, 9.17) is 11.6 Å². The second kappa shape index (κ2) is 5.91. The van der Waals surface area contributed by atoms with Gasteiger partial charge in [-0.3, -0.25) is 0 Å². The first-order valence-corrected chi connectivity index (χ1v) is 10.1. The van der Waals surface area contributed by atoms with Crippen LogP contribution in [0.3, 0.4) is 0 Å². The van der Waals surface area contributed by atoms with Crippen LogP contribution in [0.4, 0.5) is 11.4 Å². The summed E-state index contributed by atoms with van der Waals surface area (Å²) in [6, 6.07) is 13.4. The number of para-hydroxylation sites is 1. The SMILES string of the molecule is Cc1cc(N(c2[c]cccc2)S(=O)(=O)I)c(C)cc1Cl. The maximum absolute atomic E-state index is 12.1. The fourth-order valence-electron chi connectivity index (χ4n) is 1.86. The van der Waals surface area contributed by atoms with E-state index in [1.54, 1.807) is 36.4 Å². The van der Waals surface area contributed by atoms with E-state index >= 15 is 0 Å². The van der Waals surface area contributed by atoms with Crippen LogP contribution in [0.15, 0.2) is 36.4 Å². The summed E-state index contributed by atoms with van der Waals surface area (Å²) in [5.41, 5.74) is 2.68. The minimum absolute atomic E-state index is 0.478. The Morgan fingerprint density at radius 2 is 1.90 bits per heavy atom. The van der Waals surface area contributed by atoms with E-state index < -0.39 is 7.19 Å². The summed E-state index contributed by atoms with van der Waals surface area (Å²) in [6.45, 7) is 3.68. The number of aryl methyl sites for hydroxylation is 2. The predicted molar refractivity (Wildman–Crippen MR) is 91.3 cm³/mol. The highest BCUT2D eigenvalue weighted by molar-refractivity contribution is 14.2. The normalized spacial score (nSPS) is 11.4. The van der Waals surface area contributed by atoms with E-state index in [0.29, 0.717) is 16.4 Å². The van der Waals surface area contributed by atoms with E-state index in [1.807, 2.05) is 13.8 Å². The molecular formula is C14H12ClINO2S. The molecule has 0 amide bonds. The maximum Gasteiger partial charge on any atom is 0.293 e. The highest BCUT2D eigenvalue weighted by Gasteiger charge is 2.23. The number of anilines is 2. The lowest BCUT2D eigenvalue weighted by Gasteiger charge is -2.23. The second-order valence-electron chi connectivity index (χ2n) is 4.34. The van der Waals surface area contributed by atoms with Gasteiger partial charge >= 0.3 is 0 Å². The van der Waals surface area contributed by atoms with Gasteiger partial charge in [-0.2, -0.15) is 8.42 Å². The molecule has 2 aromatic carbocycles. The van der Waals surface area contributed by atoms with Crippen molar-refractivity contribution in [3.05, 3.63) is 58.6 Å². The molecule has 3 nitrogen and oxygen atoms in total. The van der Waals surface area contributed by atoms with Gasteiger partial charge in [0.1, 0.15) is 0 Å². The number of halogens is 2. The zero-order valence-corrected chi connectivity index (χ0v) is 14.6. The molecule has 0 aliphatic rings. The summed E-state index contributed by atoms with van der Waals surface area (Å²) in [6.07, 6.45) is 0. The van der Waals surface area contributed by atoms with Crippen molar-refractivity contribution in [1.82, 2.24) is 0 Å². The van der Waals surface area contributed by atoms with Crippen molar-refractivity contribution in [2.45, 2.75) is 13.8 Å². The Morgan fingerprint density at radius 3 is 2.45 bits per heavy atom. The predicted octanol–water partition coefficient (Wildman–Crippen LogP) is 4.57. The Kier molecular flexibility index (Phi) is 4.61. The van der Waals surface area contributed by atoms with Crippen molar-refractivity contribution < 1.29 is 8.42 Å². The zero-order chi connectivity index (χ0) is 14.9. The summed E-state index contributed by atoms with van der Waals surface area (Å²) < 4.78 is 25.6. The van der Waals surface area contributed by atoms with Crippen molar-refractivity contribution in [3.63, 3.8) is 0 Å². The Morgan fingerprint density at radius 1 is 1.20 bits per heavy atom. The summed E-state index contributed by atoms with van der Waals surface area (Å²) in [5.74, 6) is 0. The van der Waals surface area contributed by atoms with Crippen molar-refractivity contribution in [3.8, 4) is 0 Å². The molecule has 0 bridgehead atoms. The van der Waals surface area contributed by atoms with Crippen LogP contribution in [0.1, 0.15) is 11.1 Å². The van der Waals surface area contributed by atoms with E-state index in [9.17, 15) is 8.42 Å². The Labute approximate surface area is 136 Å². The number of rotatable bonds is 3. The molecule has 0 saturated carbocycles. The zero-order valence-electron chi connectivity index (χ0n) is 10.9. The number of benzene rings is 2. The monoisotopic (exact) mass is 420 g/mol. The van der Waals surface area contributed by atoms with Gasteiger partial charge in [-0.05, 0) is 43.2 Å². The molecule has 2 aromatic rings. The number of hydrogen-bond donors (Lipinski definition) is 0. The molecule has 0 N–H and O–H groups in total. The third-order valence-corrected chi connectivity index (χ3v) is 5.24. The van der Waals surface area contributed by atoms with Gasteiger partial charge in [0.15, 0.2) is 0 Å². The van der Waals surface area contributed by atoms with Crippen LogP contribution < -0.4 is 4.31 Å². The second-order valence-corrected chi connectivity index (χ2v) is 9.28. The van der Waals surface area contributed by atoms with Crippen molar-refractivity contribution >= 4 is 51.4 Å². The first-order chi connectivity index (χ1) is 9.30. The van der Waals surface area contributed by atoms with Gasteiger partial charge < -0.3 is 0 Å². The minimum Gasteiger partial charge on any atom is -0.230 e. The molecule has 0 saturated heterocycles. The quantitative estimate of drug-likeness (QED) is 0.539.